The van der Waals surface area contributed by atoms with Gasteiger partial charge in [0.1, 0.15) is 11.5 Å². The number of benzene rings is 1. The highest BCUT2D eigenvalue weighted by atomic mass is 16.5. The number of amides is 1. The third kappa shape index (κ3) is 3.22. The van der Waals surface area contributed by atoms with E-state index in [1.54, 1.807) is 32.4 Å². The Balaban J connectivity index is 3.05. The molecule has 0 fully saturated rings. The van der Waals surface area contributed by atoms with E-state index in [4.69, 9.17) is 15.2 Å². The Kier molecular flexibility index (Phi) is 5.82. The van der Waals surface area contributed by atoms with Gasteiger partial charge < -0.3 is 20.5 Å². The number of hydrogen-bond donors (Lipinski definition) is 2. The minimum absolute atomic E-state index is 0.0865. The summed E-state index contributed by atoms with van der Waals surface area (Å²) in [6.45, 7) is 4.26. The maximum absolute atomic E-state index is 12.5. The van der Waals surface area contributed by atoms with E-state index in [-0.39, 0.29) is 5.91 Å². The lowest BCUT2D eigenvalue weighted by Gasteiger charge is -2.28. The van der Waals surface area contributed by atoms with Crippen LogP contribution >= 0.6 is 0 Å². The standard InChI is InChI=1S/C15H24N2O3/c1-5-15(6-2,10-16)14(18)17-12-9-11(19-3)7-8-13(12)20-4/h7-9H,5-6,10,16H2,1-4H3,(H,17,18). The predicted molar refractivity (Wildman–Crippen MR) is 80.2 cm³/mol. The number of ether oxygens (including phenoxy) is 2. The topological polar surface area (TPSA) is 73.6 Å². The molecule has 0 saturated carbocycles. The summed E-state index contributed by atoms with van der Waals surface area (Å²) in [5.74, 6) is 1.17. The maximum atomic E-state index is 12.5. The zero-order chi connectivity index (χ0) is 15.2. The third-order valence-electron chi connectivity index (χ3n) is 3.88. The lowest BCUT2D eigenvalue weighted by atomic mass is 9.81. The van der Waals surface area contributed by atoms with E-state index in [1.165, 1.54) is 0 Å². The minimum Gasteiger partial charge on any atom is -0.497 e. The number of carbonyl (C=O) groups excluding carboxylic acids is 1. The first kappa shape index (κ1) is 16.3. The second kappa shape index (κ2) is 7.14. The number of anilines is 1. The van der Waals surface area contributed by atoms with Gasteiger partial charge in [-0.2, -0.15) is 0 Å². The molecule has 1 rings (SSSR count). The monoisotopic (exact) mass is 280 g/mol. The van der Waals surface area contributed by atoms with Crippen molar-refractivity contribution in [3.05, 3.63) is 18.2 Å². The molecule has 0 aromatic heterocycles. The van der Waals surface area contributed by atoms with E-state index < -0.39 is 5.41 Å². The molecule has 0 spiro atoms. The molecule has 0 heterocycles. The summed E-state index contributed by atoms with van der Waals surface area (Å²) in [5, 5.41) is 2.91. The number of hydrogen-bond acceptors (Lipinski definition) is 4. The second-order valence-electron chi connectivity index (χ2n) is 4.71. The minimum atomic E-state index is -0.548. The van der Waals surface area contributed by atoms with Gasteiger partial charge in [0.15, 0.2) is 0 Å². The summed E-state index contributed by atoms with van der Waals surface area (Å²) in [4.78, 5) is 12.5. The van der Waals surface area contributed by atoms with E-state index in [2.05, 4.69) is 5.32 Å². The SMILES string of the molecule is CCC(CC)(CN)C(=O)Nc1cc(OC)ccc1OC. The summed E-state index contributed by atoms with van der Waals surface area (Å²) in [6, 6.07) is 5.28. The Hall–Kier alpha value is -1.75. The van der Waals surface area contributed by atoms with Crippen LogP contribution in [0.3, 0.4) is 0 Å². The van der Waals surface area contributed by atoms with Crippen molar-refractivity contribution in [2.45, 2.75) is 26.7 Å². The van der Waals surface area contributed by atoms with Crippen LogP contribution in [0.25, 0.3) is 0 Å². The van der Waals surface area contributed by atoms with Crippen LogP contribution in [0.1, 0.15) is 26.7 Å². The average molecular weight is 280 g/mol. The first-order valence-electron chi connectivity index (χ1n) is 6.80. The fourth-order valence-corrected chi connectivity index (χ4v) is 2.12. The quantitative estimate of drug-likeness (QED) is 0.804. The van der Waals surface area contributed by atoms with Gasteiger partial charge in [-0.05, 0) is 25.0 Å². The van der Waals surface area contributed by atoms with E-state index in [0.717, 1.165) is 0 Å². The summed E-state index contributed by atoms with van der Waals surface area (Å²) in [5.41, 5.74) is 5.84. The molecule has 0 radical (unpaired) electrons. The van der Waals surface area contributed by atoms with Crippen molar-refractivity contribution in [2.24, 2.45) is 11.1 Å². The van der Waals surface area contributed by atoms with Gasteiger partial charge in [-0.1, -0.05) is 13.8 Å². The van der Waals surface area contributed by atoms with Gasteiger partial charge >= 0.3 is 0 Å². The first-order chi connectivity index (χ1) is 9.56. The lowest BCUT2D eigenvalue weighted by molar-refractivity contribution is -0.125. The van der Waals surface area contributed by atoms with Crippen molar-refractivity contribution in [3.8, 4) is 11.5 Å². The van der Waals surface area contributed by atoms with Crippen molar-refractivity contribution in [2.75, 3.05) is 26.1 Å². The van der Waals surface area contributed by atoms with Crippen LogP contribution in [0.5, 0.6) is 11.5 Å². The van der Waals surface area contributed by atoms with Crippen LogP contribution in [0.15, 0.2) is 18.2 Å². The molecule has 1 aromatic rings. The summed E-state index contributed by atoms with van der Waals surface area (Å²) < 4.78 is 10.4. The number of rotatable bonds is 7. The van der Waals surface area contributed by atoms with Gasteiger partial charge in [0.05, 0.1) is 25.3 Å². The molecule has 0 bridgehead atoms. The van der Waals surface area contributed by atoms with E-state index in [1.807, 2.05) is 13.8 Å². The highest BCUT2D eigenvalue weighted by molar-refractivity contribution is 5.96. The van der Waals surface area contributed by atoms with Gasteiger partial charge in [-0.25, -0.2) is 0 Å². The van der Waals surface area contributed by atoms with Crippen molar-refractivity contribution in [1.29, 1.82) is 0 Å². The lowest BCUT2D eigenvalue weighted by Crippen LogP contribution is -2.41. The molecule has 0 saturated heterocycles. The molecular formula is C15H24N2O3. The zero-order valence-electron chi connectivity index (χ0n) is 12.7. The van der Waals surface area contributed by atoms with Crippen LogP contribution in [-0.2, 0) is 4.79 Å². The fourth-order valence-electron chi connectivity index (χ4n) is 2.12. The molecule has 0 unspecified atom stereocenters. The Morgan fingerprint density at radius 3 is 2.35 bits per heavy atom. The van der Waals surface area contributed by atoms with Gasteiger partial charge in [-0.15, -0.1) is 0 Å². The Bertz CT molecular complexity index is 448. The number of carbonyl (C=O) groups is 1. The number of methoxy groups -OCH3 is 2. The smallest absolute Gasteiger partial charge is 0.231 e. The number of nitrogens with one attached hydrogen (secondary N) is 1. The van der Waals surface area contributed by atoms with Crippen molar-refractivity contribution >= 4 is 11.6 Å². The second-order valence-corrected chi connectivity index (χ2v) is 4.71. The van der Waals surface area contributed by atoms with Crippen molar-refractivity contribution in [1.82, 2.24) is 0 Å². The summed E-state index contributed by atoms with van der Waals surface area (Å²) in [6.07, 6.45) is 1.39. The van der Waals surface area contributed by atoms with Gasteiger partial charge in [-0.3, -0.25) is 4.79 Å². The maximum Gasteiger partial charge on any atom is 0.231 e. The van der Waals surface area contributed by atoms with Crippen LogP contribution in [0, 0.1) is 5.41 Å². The van der Waals surface area contributed by atoms with E-state index in [0.29, 0.717) is 36.6 Å². The predicted octanol–water partition coefficient (Wildman–Crippen LogP) is 2.41. The normalized spacial score (nSPS) is 11.1. The molecule has 112 valence electrons. The average Bonchev–Trinajstić information content (AvgIpc) is 2.49. The zero-order valence-corrected chi connectivity index (χ0v) is 12.7. The van der Waals surface area contributed by atoms with Gasteiger partial charge in [0.2, 0.25) is 5.91 Å². The molecule has 3 N–H and O–H groups in total. The molecule has 20 heavy (non-hydrogen) atoms. The molecular weight excluding hydrogens is 256 g/mol. The Morgan fingerprint density at radius 1 is 1.25 bits per heavy atom. The largest absolute Gasteiger partial charge is 0.497 e. The first-order valence-corrected chi connectivity index (χ1v) is 6.80. The third-order valence-corrected chi connectivity index (χ3v) is 3.88. The molecule has 1 aromatic carbocycles. The number of nitrogens with two attached hydrogens (primary N) is 1. The summed E-state index contributed by atoms with van der Waals surface area (Å²) >= 11 is 0. The van der Waals surface area contributed by atoms with Crippen LogP contribution < -0.4 is 20.5 Å². The van der Waals surface area contributed by atoms with Crippen molar-refractivity contribution < 1.29 is 14.3 Å². The molecule has 5 nitrogen and oxygen atoms in total. The molecule has 0 aliphatic heterocycles. The molecule has 5 heteroatoms. The van der Waals surface area contributed by atoms with Gasteiger partial charge in [0.25, 0.3) is 0 Å². The molecule has 0 aliphatic carbocycles. The van der Waals surface area contributed by atoms with E-state index >= 15 is 0 Å². The Morgan fingerprint density at radius 2 is 1.90 bits per heavy atom. The fraction of sp³-hybridized carbons (Fsp3) is 0.533. The van der Waals surface area contributed by atoms with Crippen LogP contribution in [0.2, 0.25) is 0 Å². The molecule has 1 amide bonds. The van der Waals surface area contributed by atoms with Crippen LogP contribution in [-0.4, -0.2) is 26.7 Å². The van der Waals surface area contributed by atoms with Crippen molar-refractivity contribution in [3.63, 3.8) is 0 Å². The highest BCUT2D eigenvalue weighted by Gasteiger charge is 2.33. The Labute approximate surface area is 120 Å². The summed E-state index contributed by atoms with van der Waals surface area (Å²) in [7, 11) is 3.14. The van der Waals surface area contributed by atoms with Crippen LogP contribution in [0.4, 0.5) is 5.69 Å². The van der Waals surface area contributed by atoms with E-state index in [9.17, 15) is 4.79 Å². The molecule has 0 atom stereocenters. The van der Waals surface area contributed by atoms with Gasteiger partial charge in [0, 0.05) is 12.6 Å². The molecule has 0 aliphatic rings. The highest BCUT2D eigenvalue weighted by Crippen LogP contribution is 2.32.